The van der Waals surface area contributed by atoms with Crippen LogP contribution in [0.1, 0.15) is 32.1 Å². The molecule has 0 spiro atoms. The number of fused-ring (bicyclic) bond motifs is 1. The molecule has 2 aliphatic rings. The zero-order valence-corrected chi connectivity index (χ0v) is 20.6. The van der Waals surface area contributed by atoms with Crippen molar-refractivity contribution in [1.82, 2.24) is 0 Å². The van der Waals surface area contributed by atoms with Crippen LogP contribution in [0.2, 0.25) is 51.4 Å². The van der Waals surface area contributed by atoms with Crippen LogP contribution in [0.3, 0.4) is 0 Å². The Bertz CT molecular complexity index is 448. The average Bonchev–Trinajstić information content (AvgIpc) is 3.26. The highest BCUT2D eigenvalue weighted by atomic mass is 28.5. The van der Waals surface area contributed by atoms with E-state index in [2.05, 4.69) is 39.3 Å². The molecular weight excluding hydrogens is 383 g/mol. The summed E-state index contributed by atoms with van der Waals surface area (Å²) in [6.45, 7) is 13.3. The molecule has 1 aliphatic carbocycles. The number of halogens is 1. The van der Waals surface area contributed by atoms with E-state index in [1.807, 2.05) is 0 Å². The van der Waals surface area contributed by atoms with E-state index in [0.717, 1.165) is 18.4 Å². The largest absolute Gasteiger partial charge is 0.437 e. The van der Waals surface area contributed by atoms with Gasteiger partial charge < -0.3 is 17.7 Å². The van der Waals surface area contributed by atoms with Crippen molar-refractivity contribution in [3.8, 4) is 0 Å². The number of hydrogen-bond acceptors (Lipinski definition) is 4. The van der Waals surface area contributed by atoms with Gasteiger partial charge in [-0.15, -0.1) is 0 Å². The van der Waals surface area contributed by atoms with Crippen LogP contribution in [0.4, 0.5) is 4.39 Å². The first-order valence-corrected chi connectivity index (χ1v) is 19.3. The molecule has 1 aliphatic heterocycles. The normalized spacial score (nSPS) is 26.7. The van der Waals surface area contributed by atoms with Crippen molar-refractivity contribution < 1.29 is 22.1 Å². The molecule has 0 aromatic carbocycles. The van der Waals surface area contributed by atoms with E-state index >= 15 is 0 Å². The predicted octanol–water partition coefficient (Wildman–Crippen LogP) is 5.42. The average molecular weight is 423 g/mol. The standard InChI is InChI=1S/C18H39FO4Si3/c1-24(2,12-7-11-20-15-19)22-26(5,6)23-25(3,4)13-10-16-8-9-17-18(14-16)21-17/h16-18H,7-15H2,1-6H3. The number of epoxide rings is 1. The van der Waals surface area contributed by atoms with Crippen molar-refractivity contribution in [2.24, 2.45) is 5.92 Å². The molecule has 154 valence electrons. The van der Waals surface area contributed by atoms with Crippen LogP contribution in [0.5, 0.6) is 0 Å². The Kier molecular flexibility index (Phi) is 8.10. The van der Waals surface area contributed by atoms with Gasteiger partial charge in [-0.2, -0.15) is 0 Å². The topological polar surface area (TPSA) is 40.2 Å². The van der Waals surface area contributed by atoms with Crippen molar-refractivity contribution in [2.75, 3.05) is 13.5 Å². The minimum Gasteiger partial charge on any atom is -0.437 e. The van der Waals surface area contributed by atoms with Gasteiger partial charge in [0.15, 0.2) is 23.5 Å². The van der Waals surface area contributed by atoms with E-state index < -0.39 is 32.1 Å². The van der Waals surface area contributed by atoms with Gasteiger partial charge in [0.05, 0.1) is 12.2 Å². The molecule has 2 rings (SSSR count). The molecule has 8 heteroatoms. The van der Waals surface area contributed by atoms with Crippen LogP contribution in [-0.2, 0) is 17.7 Å². The maximum atomic E-state index is 12.0. The van der Waals surface area contributed by atoms with Crippen molar-refractivity contribution in [2.45, 2.75) is 95.7 Å². The molecule has 4 nitrogen and oxygen atoms in total. The fourth-order valence-corrected chi connectivity index (χ4v) is 18.5. The van der Waals surface area contributed by atoms with Crippen LogP contribution in [0, 0.1) is 5.92 Å². The van der Waals surface area contributed by atoms with Crippen molar-refractivity contribution in [3.05, 3.63) is 0 Å². The Morgan fingerprint density at radius 2 is 1.58 bits per heavy atom. The minimum atomic E-state index is -2.15. The zero-order valence-electron chi connectivity index (χ0n) is 17.6. The van der Waals surface area contributed by atoms with E-state index in [4.69, 9.17) is 17.7 Å². The van der Waals surface area contributed by atoms with Crippen molar-refractivity contribution in [3.63, 3.8) is 0 Å². The second kappa shape index (κ2) is 9.28. The Balaban J connectivity index is 1.73. The lowest BCUT2D eigenvalue weighted by Crippen LogP contribution is -2.52. The van der Waals surface area contributed by atoms with Gasteiger partial charge >= 0.3 is 8.56 Å². The van der Waals surface area contributed by atoms with Crippen LogP contribution in [0.15, 0.2) is 0 Å². The molecule has 2 fully saturated rings. The third kappa shape index (κ3) is 8.20. The van der Waals surface area contributed by atoms with E-state index in [9.17, 15) is 4.39 Å². The highest BCUT2D eigenvalue weighted by molar-refractivity contribution is 6.87. The molecule has 0 amide bonds. The predicted molar refractivity (Wildman–Crippen MR) is 111 cm³/mol. The fraction of sp³-hybridized carbons (Fsp3) is 1.00. The minimum absolute atomic E-state index is 0.479. The Hall–Kier alpha value is 0.421. The molecule has 0 aromatic heterocycles. The third-order valence-electron chi connectivity index (χ3n) is 5.46. The Labute approximate surface area is 162 Å². The Morgan fingerprint density at radius 1 is 0.923 bits per heavy atom. The quantitative estimate of drug-likeness (QED) is 0.239. The van der Waals surface area contributed by atoms with Gasteiger partial charge in [-0.1, -0.05) is 6.42 Å². The lowest BCUT2D eigenvalue weighted by molar-refractivity contribution is 0.0580. The fourth-order valence-electron chi connectivity index (χ4n) is 4.41. The molecule has 1 saturated heterocycles. The second-order valence-electron chi connectivity index (χ2n) is 9.67. The summed E-state index contributed by atoms with van der Waals surface area (Å²) < 4.78 is 35.8. The summed E-state index contributed by atoms with van der Waals surface area (Å²) in [5.41, 5.74) is 0. The van der Waals surface area contributed by atoms with E-state index in [-0.39, 0.29) is 0 Å². The smallest absolute Gasteiger partial charge is 0.311 e. The van der Waals surface area contributed by atoms with Gasteiger partial charge in [0.2, 0.25) is 0 Å². The van der Waals surface area contributed by atoms with Gasteiger partial charge in [-0.25, -0.2) is 4.39 Å². The molecule has 26 heavy (non-hydrogen) atoms. The molecule has 1 saturated carbocycles. The molecule has 0 aromatic rings. The summed E-state index contributed by atoms with van der Waals surface area (Å²) >= 11 is 0. The van der Waals surface area contributed by atoms with Gasteiger partial charge in [-0.05, 0) is 83.0 Å². The SMILES string of the molecule is C[Si](C)(CCCOCF)O[Si](C)(C)O[Si](C)(C)CCC1CCC2OC2C1. The van der Waals surface area contributed by atoms with Gasteiger partial charge in [-0.3, -0.25) is 0 Å². The maximum absolute atomic E-state index is 12.0. The lowest BCUT2D eigenvalue weighted by Gasteiger charge is -2.39. The first-order valence-electron chi connectivity index (χ1n) is 10.2. The molecule has 0 radical (unpaired) electrons. The summed E-state index contributed by atoms with van der Waals surface area (Å²) in [5.74, 6) is 0.821. The monoisotopic (exact) mass is 422 g/mol. The number of hydrogen-bond donors (Lipinski definition) is 0. The summed E-state index contributed by atoms with van der Waals surface area (Å²) in [4.78, 5) is 0. The summed E-state index contributed by atoms with van der Waals surface area (Å²) in [6, 6.07) is 2.20. The van der Waals surface area contributed by atoms with E-state index in [1.54, 1.807) is 0 Å². The van der Waals surface area contributed by atoms with Crippen molar-refractivity contribution >= 4 is 25.2 Å². The summed E-state index contributed by atoms with van der Waals surface area (Å²) in [5, 5.41) is 0. The number of rotatable bonds is 12. The van der Waals surface area contributed by atoms with Crippen LogP contribution >= 0.6 is 0 Å². The van der Waals surface area contributed by atoms with E-state index in [1.165, 1.54) is 31.7 Å². The molecule has 1 heterocycles. The highest BCUT2D eigenvalue weighted by Gasteiger charge is 2.44. The number of alkyl halides is 1. The first-order chi connectivity index (χ1) is 12.0. The van der Waals surface area contributed by atoms with E-state index in [0.29, 0.717) is 18.8 Å². The highest BCUT2D eigenvalue weighted by Crippen LogP contribution is 2.41. The molecule has 0 bridgehead atoms. The maximum Gasteiger partial charge on any atom is 0.311 e. The second-order valence-corrected chi connectivity index (χ2v) is 22.1. The summed E-state index contributed by atoms with van der Waals surface area (Å²) in [6.07, 6.45) is 7.14. The van der Waals surface area contributed by atoms with Crippen LogP contribution in [-0.4, -0.2) is 50.9 Å². The Morgan fingerprint density at radius 3 is 2.19 bits per heavy atom. The zero-order chi connectivity index (χ0) is 19.4. The lowest BCUT2D eigenvalue weighted by atomic mass is 9.88. The molecule has 3 atom stereocenters. The van der Waals surface area contributed by atoms with Gasteiger partial charge in [0.25, 0.3) is 0 Å². The first kappa shape index (κ1) is 22.7. The van der Waals surface area contributed by atoms with Crippen LogP contribution < -0.4 is 0 Å². The summed E-state index contributed by atoms with van der Waals surface area (Å²) in [7, 11) is -5.69. The third-order valence-corrected chi connectivity index (χ3v) is 16.9. The van der Waals surface area contributed by atoms with Gasteiger partial charge in [0.1, 0.15) is 0 Å². The number of ether oxygens (including phenoxy) is 2. The van der Waals surface area contributed by atoms with Gasteiger partial charge in [0, 0.05) is 6.61 Å². The van der Waals surface area contributed by atoms with Crippen LogP contribution in [0.25, 0.3) is 0 Å². The van der Waals surface area contributed by atoms with Crippen molar-refractivity contribution in [1.29, 1.82) is 0 Å². The molecule has 3 unspecified atom stereocenters. The molecular formula is C18H39FO4Si3. The molecule has 0 N–H and O–H groups in total.